The molecule has 0 radical (unpaired) electrons. The molecule has 8 heteroatoms. The minimum Gasteiger partial charge on any atom is -0.424 e. The van der Waals surface area contributed by atoms with Crippen molar-refractivity contribution in [3.63, 3.8) is 0 Å². The topological polar surface area (TPSA) is 95.8 Å². The van der Waals surface area contributed by atoms with Crippen molar-refractivity contribution in [2.75, 3.05) is 11.1 Å². The predicted octanol–water partition coefficient (Wildman–Crippen LogP) is 5.98. The van der Waals surface area contributed by atoms with Gasteiger partial charge in [-0.25, -0.2) is 9.97 Å². The number of ether oxygens (including phenoxy) is 1. The van der Waals surface area contributed by atoms with E-state index in [1.165, 1.54) is 6.42 Å². The van der Waals surface area contributed by atoms with E-state index in [1.54, 1.807) is 18.5 Å². The first-order valence-corrected chi connectivity index (χ1v) is 11.8. The molecule has 0 unspecified atom stereocenters. The average molecular weight is 466 g/mol. The number of hydrogen-bond acceptors (Lipinski definition) is 6. The van der Waals surface area contributed by atoms with Crippen molar-refractivity contribution in [1.82, 2.24) is 24.3 Å². The lowest BCUT2D eigenvalue weighted by molar-refractivity contribution is 0.324. The zero-order chi connectivity index (χ0) is 23.9. The van der Waals surface area contributed by atoms with Gasteiger partial charge in [0.15, 0.2) is 0 Å². The van der Waals surface area contributed by atoms with Gasteiger partial charge in [-0.1, -0.05) is 12.1 Å². The molecule has 35 heavy (non-hydrogen) atoms. The monoisotopic (exact) mass is 465 g/mol. The number of hydrogen-bond donors (Lipinski definition) is 2. The Labute approximate surface area is 203 Å². The highest BCUT2D eigenvalue weighted by atomic mass is 16.5. The number of aromatic nitrogens is 5. The number of fused-ring (bicyclic) bond motifs is 1. The molecule has 176 valence electrons. The van der Waals surface area contributed by atoms with Crippen molar-refractivity contribution in [2.45, 2.75) is 32.2 Å². The molecule has 0 spiro atoms. The van der Waals surface area contributed by atoms with Crippen molar-refractivity contribution in [3.8, 4) is 23.0 Å². The van der Waals surface area contributed by atoms with Gasteiger partial charge in [-0.2, -0.15) is 5.10 Å². The maximum absolute atomic E-state index is 6.76. The zero-order valence-electron chi connectivity index (χ0n) is 19.8. The van der Waals surface area contributed by atoms with Crippen LogP contribution in [0.2, 0.25) is 0 Å². The van der Waals surface area contributed by atoms with E-state index in [4.69, 9.17) is 10.5 Å². The standard InChI is InChI=1S/C27H27N7O/c1-17-15-24(33(2)32-17)31-19-9-7-18(8-10-19)26-25(28)22-12-11-21(35-27-29-13-4-14-30-27)16-23(22)34(26)20-5-3-6-20/h4,7-16,20,31H,3,5-6,28H2,1-2H3. The molecule has 2 aromatic carbocycles. The van der Waals surface area contributed by atoms with Gasteiger partial charge in [0.1, 0.15) is 11.6 Å². The first-order chi connectivity index (χ1) is 17.1. The van der Waals surface area contributed by atoms with Crippen LogP contribution in [-0.2, 0) is 7.05 Å². The fourth-order valence-electron chi connectivity index (χ4n) is 4.73. The quantitative estimate of drug-likeness (QED) is 0.320. The van der Waals surface area contributed by atoms with E-state index in [0.29, 0.717) is 17.8 Å². The molecule has 3 heterocycles. The lowest BCUT2D eigenvalue weighted by Gasteiger charge is -2.30. The maximum Gasteiger partial charge on any atom is 0.321 e. The molecule has 5 aromatic rings. The first-order valence-electron chi connectivity index (χ1n) is 11.8. The number of rotatable bonds is 6. The summed E-state index contributed by atoms with van der Waals surface area (Å²) in [6.45, 7) is 1.99. The van der Waals surface area contributed by atoms with E-state index in [1.807, 2.05) is 42.9 Å². The number of nitrogen functional groups attached to an aromatic ring is 1. The van der Waals surface area contributed by atoms with Crippen LogP contribution in [-0.4, -0.2) is 24.3 Å². The van der Waals surface area contributed by atoms with E-state index in [-0.39, 0.29) is 0 Å². The summed E-state index contributed by atoms with van der Waals surface area (Å²) >= 11 is 0. The van der Waals surface area contributed by atoms with E-state index in [9.17, 15) is 0 Å². The Kier molecular flexibility index (Phi) is 5.13. The Hall–Kier alpha value is -4.33. The smallest absolute Gasteiger partial charge is 0.321 e. The lowest BCUT2D eigenvalue weighted by Crippen LogP contribution is -2.17. The van der Waals surface area contributed by atoms with Crippen LogP contribution in [0.1, 0.15) is 31.0 Å². The predicted molar refractivity (Wildman–Crippen MR) is 138 cm³/mol. The van der Waals surface area contributed by atoms with Gasteiger partial charge >= 0.3 is 6.01 Å². The van der Waals surface area contributed by atoms with Gasteiger partial charge in [0, 0.05) is 54.3 Å². The molecule has 8 nitrogen and oxygen atoms in total. The number of nitrogens with zero attached hydrogens (tertiary/aromatic N) is 5. The number of nitrogens with one attached hydrogen (secondary N) is 1. The molecule has 3 aromatic heterocycles. The van der Waals surface area contributed by atoms with Crippen molar-refractivity contribution in [2.24, 2.45) is 7.05 Å². The maximum atomic E-state index is 6.76. The van der Waals surface area contributed by atoms with Gasteiger partial charge in [-0.05, 0) is 56.5 Å². The van der Waals surface area contributed by atoms with Crippen LogP contribution in [0.15, 0.2) is 67.0 Å². The minimum atomic E-state index is 0.327. The van der Waals surface area contributed by atoms with Crippen molar-refractivity contribution in [1.29, 1.82) is 0 Å². The van der Waals surface area contributed by atoms with Crippen LogP contribution in [0.3, 0.4) is 0 Å². The number of nitrogens with two attached hydrogens (primary N) is 1. The zero-order valence-corrected chi connectivity index (χ0v) is 19.8. The third-order valence-electron chi connectivity index (χ3n) is 6.64. The van der Waals surface area contributed by atoms with Crippen LogP contribution in [0.25, 0.3) is 22.2 Å². The molecular formula is C27H27N7O. The van der Waals surface area contributed by atoms with Crippen LogP contribution >= 0.6 is 0 Å². The number of anilines is 3. The Morgan fingerprint density at radius 1 is 1.03 bits per heavy atom. The SMILES string of the molecule is Cc1cc(Nc2ccc(-c3c(N)c4ccc(Oc5ncccn5)cc4n3C3CCC3)cc2)n(C)n1. The summed E-state index contributed by atoms with van der Waals surface area (Å²) in [5.41, 5.74) is 12.7. The van der Waals surface area contributed by atoms with E-state index >= 15 is 0 Å². The molecule has 0 saturated heterocycles. The van der Waals surface area contributed by atoms with E-state index in [2.05, 4.69) is 49.2 Å². The van der Waals surface area contributed by atoms with Gasteiger partial charge in [-0.15, -0.1) is 0 Å². The van der Waals surface area contributed by atoms with E-state index < -0.39 is 0 Å². The second kappa shape index (κ2) is 8.47. The molecule has 3 N–H and O–H groups in total. The molecule has 1 fully saturated rings. The molecule has 0 aliphatic heterocycles. The highest BCUT2D eigenvalue weighted by Crippen LogP contribution is 2.45. The molecule has 0 atom stereocenters. The van der Waals surface area contributed by atoms with E-state index in [0.717, 1.165) is 57.9 Å². The molecule has 1 aliphatic carbocycles. The fourth-order valence-corrected chi connectivity index (χ4v) is 4.73. The Morgan fingerprint density at radius 2 is 1.80 bits per heavy atom. The molecule has 1 aliphatic rings. The highest BCUT2D eigenvalue weighted by molar-refractivity contribution is 6.01. The molecular weight excluding hydrogens is 438 g/mol. The van der Waals surface area contributed by atoms with Gasteiger partial charge in [0.05, 0.1) is 22.6 Å². The van der Waals surface area contributed by atoms with Crippen molar-refractivity contribution < 1.29 is 4.74 Å². The van der Waals surface area contributed by atoms with Gasteiger partial charge in [0.25, 0.3) is 0 Å². The van der Waals surface area contributed by atoms with Crippen molar-refractivity contribution >= 4 is 28.1 Å². The summed E-state index contributed by atoms with van der Waals surface area (Å²) in [7, 11) is 1.93. The molecule has 1 saturated carbocycles. The fraction of sp³-hybridized carbons (Fsp3) is 0.222. The van der Waals surface area contributed by atoms with Gasteiger partial charge in [-0.3, -0.25) is 4.68 Å². The summed E-state index contributed by atoms with van der Waals surface area (Å²) in [6, 6.07) is 19.0. The van der Waals surface area contributed by atoms with Crippen LogP contribution in [0, 0.1) is 6.92 Å². The molecule has 0 bridgehead atoms. The normalized spacial score (nSPS) is 13.7. The summed E-state index contributed by atoms with van der Waals surface area (Å²) in [4.78, 5) is 8.36. The Bertz CT molecular complexity index is 1500. The Morgan fingerprint density at radius 3 is 2.46 bits per heavy atom. The third kappa shape index (κ3) is 3.86. The van der Waals surface area contributed by atoms with Gasteiger partial charge in [0.2, 0.25) is 0 Å². The summed E-state index contributed by atoms with van der Waals surface area (Å²) in [5, 5.41) is 8.87. The van der Waals surface area contributed by atoms with Crippen LogP contribution in [0.4, 0.5) is 17.2 Å². The minimum absolute atomic E-state index is 0.327. The lowest BCUT2D eigenvalue weighted by atomic mass is 9.92. The summed E-state index contributed by atoms with van der Waals surface area (Å²) < 4.78 is 10.2. The second-order valence-electron chi connectivity index (χ2n) is 9.03. The third-order valence-corrected chi connectivity index (χ3v) is 6.64. The molecule has 0 amide bonds. The Balaban J connectivity index is 1.39. The number of aryl methyl sites for hydroxylation is 2. The summed E-state index contributed by atoms with van der Waals surface area (Å²) in [6.07, 6.45) is 6.85. The van der Waals surface area contributed by atoms with Crippen molar-refractivity contribution in [3.05, 3.63) is 72.7 Å². The highest BCUT2D eigenvalue weighted by Gasteiger charge is 2.27. The van der Waals surface area contributed by atoms with Crippen LogP contribution in [0.5, 0.6) is 11.8 Å². The molecule has 6 rings (SSSR count). The van der Waals surface area contributed by atoms with Gasteiger partial charge < -0.3 is 20.4 Å². The first kappa shape index (κ1) is 21.2. The van der Waals surface area contributed by atoms with Crippen LogP contribution < -0.4 is 15.8 Å². The average Bonchev–Trinajstić information content (AvgIpc) is 3.29. The summed E-state index contributed by atoms with van der Waals surface area (Å²) in [5.74, 6) is 1.65. The number of benzene rings is 2. The largest absolute Gasteiger partial charge is 0.424 e. The second-order valence-corrected chi connectivity index (χ2v) is 9.03.